The number of nitrogens with one attached hydrogen (secondary N) is 1. The van der Waals surface area contributed by atoms with Crippen molar-refractivity contribution in [1.29, 1.82) is 0 Å². The van der Waals surface area contributed by atoms with Crippen molar-refractivity contribution in [1.82, 2.24) is 15.0 Å². The van der Waals surface area contributed by atoms with Gasteiger partial charge in [-0.25, -0.2) is 27.5 Å². The van der Waals surface area contributed by atoms with Gasteiger partial charge in [-0.15, -0.1) is 0 Å². The molecule has 1 aromatic carbocycles. The summed E-state index contributed by atoms with van der Waals surface area (Å²) in [7, 11) is 0. The zero-order valence-electron chi connectivity index (χ0n) is 17.6. The summed E-state index contributed by atoms with van der Waals surface area (Å²) in [5.74, 6) is -5.22. The summed E-state index contributed by atoms with van der Waals surface area (Å²) in [5, 5.41) is 3.40. The number of rotatable bonds is 5. The van der Waals surface area contributed by atoms with Crippen LogP contribution in [-0.4, -0.2) is 34.1 Å². The largest absolute Gasteiger partial charge is 0.364 e. The summed E-state index contributed by atoms with van der Waals surface area (Å²) in [6.45, 7) is 2.53. The lowest BCUT2D eigenvalue weighted by molar-refractivity contribution is -0.0761. The third-order valence-corrected chi connectivity index (χ3v) is 6.26. The zero-order valence-corrected chi connectivity index (χ0v) is 17.6. The molecule has 2 fully saturated rings. The number of hydrogen-bond donors (Lipinski definition) is 1. The van der Waals surface area contributed by atoms with Crippen molar-refractivity contribution >= 4 is 22.7 Å². The lowest BCUT2D eigenvalue weighted by atomic mass is 9.86. The fraction of sp³-hybridized carbons (Fsp3) is 0.435. The minimum atomic E-state index is -3.38. The predicted molar refractivity (Wildman–Crippen MR) is 114 cm³/mol. The van der Waals surface area contributed by atoms with Gasteiger partial charge >= 0.3 is 0 Å². The Hall–Kier alpha value is -2.97. The number of anilines is 2. The van der Waals surface area contributed by atoms with Crippen LogP contribution in [0.15, 0.2) is 30.5 Å². The molecule has 5 rings (SSSR count). The number of pyridine rings is 1. The number of halogens is 4. The van der Waals surface area contributed by atoms with Crippen molar-refractivity contribution in [3.8, 4) is 0 Å². The van der Waals surface area contributed by atoms with Gasteiger partial charge in [-0.3, -0.25) is 4.98 Å². The van der Waals surface area contributed by atoms with Gasteiger partial charge in [0.05, 0.1) is 16.8 Å². The lowest BCUT2D eigenvalue weighted by Gasteiger charge is -2.37. The van der Waals surface area contributed by atoms with E-state index in [1.54, 1.807) is 12.3 Å². The van der Waals surface area contributed by atoms with E-state index in [2.05, 4.69) is 10.3 Å². The lowest BCUT2D eigenvalue weighted by Crippen LogP contribution is -2.40. The molecule has 32 heavy (non-hydrogen) atoms. The van der Waals surface area contributed by atoms with Crippen LogP contribution in [0.2, 0.25) is 0 Å². The standard InChI is InChI=1S/C23H23F4N5/c1-13-20-19(6-9-28-13)30-21(29-16-3-4-16)22(31-20)32-10-7-14(8-11-32)23(26,27)17-5-2-15(24)12-18(17)25/h2,5-6,9,12,14,16H,3-4,7-8,10-11H2,1H3,(H,29,30). The molecule has 0 amide bonds. The number of piperidine rings is 1. The molecule has 0 bridgehead atoms. The average Bonchev–Trinajstić information content (AvgIpc) is 3.57. The van der Waals surface area contributed by atoms with Gasteiger partial charge in [-0.2, -0.15) is 0 Å². The SMILES string of the molecule is Cc1nccc2nc(NC3CC3)c(N3CCC(C(F)(F)c4ccc(F)cc4F)CC3)nc12. The maximum Gasteiger partial charge on any atom is 0.278 e. The average molecular weight is 445 g/mol. The van der Waals surface area contributed by atoms with Crippen LogP contribution in [0.4, 0.5) is 29.2 Å². The Bertz CT molecular complexity index is 1160. The summed E-state index contributed by atoms with van der Waals surface area (Å²) in [6, 6.07) is 4.39. The number of alkyl halides is 2. The topological polar surface area (TPSA) is 53.9 Å². The first kappa shape index (κ1) is 20.9. The Balaban J connectivity index is 1.40. The van der Waals surface area contributed by atoms with Crippen LogP contribution < -0.4 is 10.2 Å². The molecular weight excluding hydrogens is 422 g/mol. The van der Waals surface area contributed by atoms with E-state index in [1.807, 2.05) is 11.8 Å². The van der Waals surface area contributed by atoms with Crippen molar-refractivity contribution in [2.75, 3.05) is 23.3 Å². The van der Waals surface area contributed by atoms with Crippen LogP contribution in [0.3, 0.4) is 0 Å². The summed E-state index contributed by atoms with van der Waals surface area (Å²) >= 11 is 0. The zero-order chi connectivity index (χ0) is 22.5. The minimum absolute atomic E-state index is 0.151. The first-order chi connectivity index (χ1) is 15.3. The molecule has 3 heterocycles. The quantitative estimate of drug-likeness (QED) is 0.548. The molecule has 2 aliphatic rings. The number of hydrogen-bond acceptors (Lipinski definition) is 5. The maximum absolute atomic E-state index is 15.1. The van der Waals surface area contributed by atoms with E-state index < -0.39 is 29.0 Å². The molecular formula is C23H23F4N5. The van der Waals surface area contributed by atoms with Crippen LogP contribution in [0.25, 0.3) is 11.0 Å². The molecule has 1 aliphatic carbocycles. The highest BCUT2D eigenvalue weighted by atomic mass is 19.3. The van der Waals surface area contributed by atoms with E-state index in [-0.39, 0.29) is 12.8 Å². The van der Waals surface area contributed by atoms with E-state index in [9.17, 15) is 8.78 Å². The third-order valence-electron chi connectivity index (χ3n) is 6.26. The highest BCUT2D eigenvalue weighted by Gasteiger charge is 2.45. The number of aryl methyl sites for hydroxylation is 1. The predicted octanol–water partition coefficient (Wildman–Crippen LogP) is 5.19. The highest BCUT2D eigenvalue weighted by molar-refractivity contribution is 5.82. The molecule has 1 aliphatic heterocycles. The summed E-state index contributed by atoms with van der Waals surface area (Å²) in [4.78, 5) is 15.8. The number of benzene rings is 1. The van der Waals surface area contributed by atoms with Gasteiger partial charge < -0.3 is 10.2 Å². The molecule has 9 heteroatoms. The van der Waals surface area contributed by atoms with E-state index >= 15 is 8.78 Å². The first-order valence-electron chi connectivity index (χ1n) is 10.8. The smallest absolute Gasteiger partial charge is 0.278 e. The Kier molecular flexibility index (Phi) is 5.14. The van der Waals surface area contributed by atoms with Gasteiger partial charge in [0.25, 0.3) is 5.92 Å². The van der Waals surface area contributed by atoms with Crippen LogP contribution in [0.1, 0.15) is 36.9 Å². The van der Waals surface area contributed by atoms with Crippen LogP contribution >= 0.6 is 0 Å². The third kappa shape index (κ3) is 3.84. The number of nitrogens with zero attached hydrogens (tertiary/aromatic N) is 4. The Morgan fingerprint density at radius 3 is 2.47 bits per heavy atom. The van der Waals surface area contributed by atoms with Gasteiger partial charge in [0.15, 0.2) is 11.6 Å². The molecule has 1 saturated heterocycles. The normalized spacial score (nSPS) is 17.7. The molecule has 1 N–H and O–H groups in total. The molecule has 3 aromatic rings. The molecule has 1 saturated carbocycles. The van der Waals surface area contributed by atoms with E-state index in [0.717, 1.165) is 36.2 Å². The van der Waals surface area contributed by atoms with E-state index in [0.29, 0.717) is 42.4 Å². The van der Waals surface area contributed by atoms with Crippen molar-refractivity contribution < 1.29 is 17.6 Å². The van der Waals surface area contributed by atoms with E-state index in [1.165, 1.54) is 0 Å². The van der Waals surface area contributed by atoms with Crippen LogP contribution in [0.5, 0.6) is 0 Å². The summed E-state index contributed by atoms with van der Waals surface area (Å²) < 4.78 is 57.3. The molecule has 2 aromatic heterocycles. The summed E-state index contributed by atoms with van der Waals surface area (Å²) in [6.07, 6.45) is 4.12. The second kappa shape index (κ2) is 7.86. The fourth-order valence-corrected chi connectivity index (χ4v) is 4.27. The van der Waals surface area contributed by atoms with Gasteiger partial charge in [0.2, 0.25) is 0 Å². The van der Waals surface area contributed by atoms with Gasteiger partial charge in [0, 0.05) is 37.3 Å². The van der Waals surface area contributed by atoms with Crippen molar-refractivity contribution in [3.05, 3.63) is 53.4 Å². The number of aromatic nitrogens is 3. The van der Waals surface area contributed by atoms with Gasteiger partial charge in [-0.1, -0.05) is 0 Å². The molecule has 0 atom stereocenters. The van der Waals surface area contributed by atoms with Gasteiger partial charge in [0.1, 0.15) is 17.2 Å². The second-order valence-corrected chi connectivity index (χ2v) is 8.59. The van der Waals surface area contributed by atoms with Crippen molar-refractivity contribution in [3.63, 3.8) is 0 Å². The fourth-order valence-electron chi connectivity index (χ4n) is 4.27. The molecule has 5 nitrogen and oxygen atoms in total. The van der Waals surface area contributed by atoms with Crippen molar-refractivity contribution in [2.24, 2.45) is 5.92 Å². The molecule has 0 radical (unpaired) electrons. The monoisotopic (exact) mass is 445 g/mol. The Morgan fingerprint density at radius 1 is 1.03 bits per heavy atom. The maximum atomic E-state index is 15.1. The number of fused-ring (bicyclic) bond motifs is 1. The van der Waals surface area contributed by atoms with Crippen LogP contribution in [0, 0.1) is 24.5 Å². The first-order valence-corrected chi connectivity index (χ1v) is 10.8. The summed E-state index contributed by atoms with van der Waals surface area (Å²) in [5.41, 5.74) is 1.42. The molecule has 0 spiro atoms. The molecule has 0 unspecified atom stereocenters. The van der Waals surface area contributed by atoms with Crippen molar-refractivity contribution in [2.45, 2.75) is 44.6 Å². The second-order valence-electron chi connectivity index (χ2n) is 8.59. The van der Waals surface area contributed by atoms with Crippen LogP contribution in [-0.2, 0) is 5.92 Å². The Labute approximate surface area is 182 Å². The molecule has 168 valence electrons. The van der Waals surface area contributed by atoms with E-state index in [4.69, 9.17) is 9.97 Å². The van der Waals surface area contributed by atoms with Gasteiger partial charge in [-0.05, 0) is 50.8 Å². The highest BCUT2D eigenvalue weighted by Crippen LogP contribution is 2.43. The minimum Gasteiger partial charge on any atom is -0.364 e. The Morgan fingerprint density at radius 2 is 1.78 bits per heavy atom.